The molecule has 0 saturated carbocycles. The highest BCUT2D eigenvalue weighted by molar-refractivity contribution is 14.1. The number of hydrogen-bond donors (Lipinski definition) is 1. The lowest BCUT2D eigenvalue weighted by Crippen LogP contribution is -2.09. The minimum atomic E-state index is -4.38. The van der Waals surface area contributed by atoms with Gasteiger partial charge in [0.25, 0.3) is 0 Å². The maximum atomic E-state index is 12.6. The molecular weight excluding hydrogens is 372 g/mol. The molecule has 2 heterocycles. The van der Waals surface area contributed by atoms with Gasteiger partial charge in [-0.15, -0.1) is 0 Å². The van der Waals surface area contributed by atoms with Crippen molar-refractivity contribution in [2.45, 2.75) is 13.1 Å². The van der Waals surface area contributed by atoms with Crippen molar-refractivity contribution in [1.29, 1.82) is 0 Å². The lowest BCUT2D eigenvalue weighted by molar-refractivity contribution is -0.138. The minimum absolute atomic E-state index is 0.101. The molecule has 0 aliphatic rings. The molecule has 2 aromatic heterocycles. The Hall–Kier alpha value is -1.32. The summed E-state index contributed by atoms with van der Waals surface area (Å²) in [4.78, 5) is 3.78. The molecule has 0 amide bonds. The van der Waals surface area contributed by atoms with Crippen LogP contribution in [0.1, 0.15) is 11.3 Å². The third kappa shape index (κ3) is 3.17. The molecule has 0 unspecified atom stereocenters. The lowest BCUT2D eigenvalue weighted by atomic mass is 10.2. The number of halogens is 4. The van der Waals surface area contributed by atoms with Gasteiger partial charge in [0.05, 0.1) is 16.9 Å². The second-order valence-corrected chi connectivity index (χ2v) is 5.14. The first-order chi connectivity index (χ1) is 8.77. The van der Waals surface area contributed by atoms with Gasteiger partial charge >= 0.3 is 6.18 Å². The van der Waals surface area contributed by atoms with E-state index in [1.165, 1.54) is 6.07 Å². The van der Waals surface area contributed by atoms with Crippen molar-refractivity contribution in [2.24, 2.45) is 7.05 Å². The number of pyridine rings is 1. The summed E-state index contributed by atoms with van der Waals surface area (Å²) in [7, 11) is 1.77. The van der Waals surface area contributed by atoms with E-state index in [2.05, 4.69) is 15.4 Å². The molecule has 2 aromatic rings. The maximum absolute atomic E-state index is 12.6. The second-order valence-electron chi connectivity index (χ2n) is 3.97. The number of rotatable bonds is 2. The molecule has 0 spiro atoms. The van der Waals surface area contributed by atoms with E-state index >= 15 is 0 Å². The lowest BCUT2D eigenvalue weighted by Gasteiger charge is -2.10. The molecule has 0 aliphatic carbocycles. The first-order valence-corrected chi connectivity index (χ1v) is 6.35. The average molecular weight is 382 g/mol. The molecule has 102 valence electrons. The fraction of sp³-hybridized carbons (Fsp3) is 0.273. The Morgan fingerprint density at radius 2 is 2.05 bits per heavy atom. The number of aryl methyl sites for hydroxylation is 2. The summed E-state index contributed by atoms with van der Waals surface area (Å²) in [6.07, 6.45) is -1.82. The molecule has 0 atom stereocenters. The number of nitrogens with one attached hydrogen (secondary N) is 1. The smallest absolute Gasteiger partial charge is 0.337 e. The molecule has 19 heavy (non-hydrogen) atoms. The Bertz CT molecular complexity index is 606. The maximum Gasteiger partial charge on any atom is 0.418 e. The predicted molar refractivity (Wildman–Crippen MR) is 73.2 cm³/mol. The Kier molecular flexibility index (Phi) is 3.70. The summed E-state index contributed by atoms with van der Waals surface area (Å²) in [5.41, 5.74) is 0.728. The van der Waals surface area contributed by atoms with Gasteiger partial charge in [0.2, 0.25) is 0 Å². The van der Waals surface area contributed by atoms with Crippen LogP contribution >= 0.6 is 22.6 Å². The molecule has 0 aromatic carbocycles. The van der Waals surface area contributed by atoms with Gasteiger partial charge in [-0.2, -0.15) is 18.3 Å². The van der Waals surface area contributed by atoms with Crippen molar-refractivity contribution < 1.29 is 13.2 Å². The van der Waals surface area contributed by atoms with E-state index in [-0.39, 0.29) is 3.57 Å². The SMILES string of the molecule is Cc1nn(C)cc1Nc1cc(I)c(C(F)(F)F)cn1. The summed E-state index contributed by atoms with van der Waals surface area (Å²) in [6.45, 7) is 1.80. The van der Waals surface area contributed by atoms with Gasteiger partial charge in [-0.05, 0) is 35.6 Å². The third-order valence-electron chi connectivity index (χ3n) is 2.44. The summed E-state index contributed by atoms with van der Waals surface area (Å²) >= 11 is 1.65. The monoisotopic (exact) mass is 382 g/mol. The molecule has 0 bridgehead atoms. The van der Waals surface area contributed by atoms with Crippen LogP contribution < -0.4 is 5.32 Å². The van der Waals surface area contributed by atoms with E-state index in [0.717, 1.165) is 11.9 Å². The van der Waals surface area contributed by atoms with Crippen LogP contribution in [0.15, 0.2) is 18.5 Å². The summed E-state index contributed by atoms with van der Waals surface area (Å²) in [5, 5.41) is 7.08. The van der Waals surface area contributed by atoms with Crippen molar-refractivity contribution in [3.05, 3.63) is 33.3 Å². The van der Waals surface area contributed by atoms with Crippen molar-refractivity contribution in [3.8, 4) is 0 Å². The zero-order valence-electron chi connectivity index (χ0n) is 10.1. The summed E-state index contributed by atoms with van der Waals surface area (Å²) < 4.78 is 39.5. The van der Waals surface area contributed by atoms with Gasteiger partial charge in [0.15, 0.2) is 0 Å². The van der Waals surface area contributed by atoms with E-state index in [4.69, 9.17) is 0 Å². The quantitative estimate of drug-likeness (QED) is 0.809. The van der Waals surface area contributed by atoms with Crippen molar-refractivity contribution in [1.82, 2.24) is 14.8 Å². The molecule has 0 radical (unpaired) electrons. The van der Waals surface area contributed by atoms with Crippen LogP contribution in [0.4, 0.5) is 24.7 Å². The molecule has 0 saturated heterocycles. The van der Waals surface area contributed by atoms with Gasteiger partial charge in [-0.3, -0.25) is 4.68 Å². The Balaban J connectivity index is 2.28. The van der Waals surface area contributed by atoms with Crippen molar-refractivity contribution >= 4 is 34.1 Å². The largest absolute Gasteiger partial charge is 0.418 e. The third-order valence-corrected chi connectivity index (χ3v) is 3.33. The number of anilines is 2. The van der Waals surface area contributed by atoms with Crippen LogP contribution in [0, 0.1) is 10.5 Å². The number of hydrogen-bond acceptors (Lipinski definition) is 3. The molecular formula is C11H10F3IN4. The van der Waals surface area contributed by atoms with Gasteiger partial charge in [0.1, 0.15) is 5.82 Å². The molecule has 4 nitrogen and oxygen atoms in total. The van der Waals surface area contributed by atoms with E-state index in [0.29, 0.717) is 11.5 Å². The fourth-order valence-corrected chi connectivity index (χ4v) is 2.31. The number of nitrogens with zero attached hydrogens (tertiary/aromatic N) is 3. The standard InChI is InChI=1S/C11H10F3IN4/c1-6-9(5-19(2)18-6)17-10-3-8(15)7(4-16-10)11(12,13)14/h3-5H,1-2H3,(H,16,17). The van der Waals surface area contributed by atoms with Crippen molar-refractivity contribution in [3.63, 3.8) is 0 Å². The van der Waals surface area contributed by atoms with Crippen LogP contribution in [-0.2, 0) is 13.2 Å². The highest BCUT2D eigenvalue weighted by atomic mass is 127. The average Bonchev–Trinajstić information content (AvgIpc) is 2.55. The van der Waals surface area contributed by atoms with Crippen molar-refractivity contribution in [2.75, 3.05) is 5.32 Å². The topological polar surface area (TPSA) is 42.7 Å². The highest BCUT2D eigenvalue weighted by Crippen LogP contribution is 2.33. The van der Waals surface area contributed by atoms with Crippen LogP contribution in [0.25, 0.3) is 0 Å². The predicted octanol–water partition coefficient (Wildman–Crippen LogP) is 3.49. The van der Waals surface area contributed by atoms with Crippen LogP contribution in [0.2, 0.25) is 0 Å². The Morgan fingerprint density at radius 1 is 1.37 bits per heavy atom. The molecule has 0 fully saturated rings. The second kappa shape index (κ2) is 4.99. The number of aromatic nitrogens is 3. The highest BCUT2D eigenvalue weighted by Gasteiger charge is 2.33. The minimum Gasteiger partial charge on any atom is -0.337 e. The molecule has 8 heteroatoms. The Labute approximate surface area is 121 Å². The first kappa shape index (κ1) is 14.1. The van der Waals surface area contributed by atoms with Gasteiger partial charge in [-0.25, -0.2) is 4.98 Å². The fourth-order valence-electron chi connectivity index (χ4n) is 1.57. The number of alkyl halides is 3. The van der Waals surface area contributed by atoms with Gasteiger partial charge in [-0.1, -0.05) is 0 Å². The van der Waals surface area contributed by atoms with E-state index < -0.39 is 11.7 Å². The van der Waals surface area contributed by atoms with Crippen LogP contribution in [0.3, 0.4) is 0 Å². The Morgan fingerprint density at radius 3 is 2.53 bits per heavy atom. The van der Waals surface area contributed by atoms with Crippen LogP contribution in [-0.4, -0.2) is 14.8 Å². The van der Waals surface area contributed by atoms with Gasteiger partial charge < -0.3 is 5.32 Å². The van der Waals surface area contributed by atoms with E-state index in [9.17, 15) is 13.2 Å². The summed E-state index contributed by atoms with van der Waals surface area (Å²) in [5.74, 6) is 0.355. The molecule has 0 aliphatic heterocycles. The van der Waals surface area contributed by atoms with Crippen LogP contribution in [0.5, 0.6) is 0 Å². The normalized spacial score (nSPS) is 11.7. The van der Waals surface area contributed by atoms with Gasteiger partial charge in [0, 0.05) is 23.0 Å². The molecule has 1 N–H and O–H groups in total. The van der Waals surface area contributed by atoms with E-state index in [1.807, 2.05) is 0 Å². The summed E-state index contributed by atoms with van der Waals surface area (Å²) in [6, 6.07) is 1.36. The van der Waals surface area contributed by atoms with E-state index in [1.54, 1.807) is 47.4 Å². The zero-order valence-corrected chi connectivity index (χ0v) is 12.2. The zero-order chi connectivity index (χ0) is 14.2. The first-order valence-electron chi connectivity index (χ1n) is 5.27. The molecule has 2 rings (SSSR count).